The molecule has 1 unspecified atom stereocenters. The van der Waals surface area contributed by atoms with Crippen molar-refractivity contribution in [1.29, 1.82) is 0 Å². The molecule has 0 aliphatic carbocycles. The van der Waals surface area contributed by atoms with Crippen LogP contribution in [0.15, 0.2) is 85.1 Å². The molecule has 1 atom stereocenters. The van der Waals surface area contributed by atoms with Crippen molar-refractivity contribution in [2.45, 2.75) is 12.8 Å². The number of piperazine rings is 1. The van der Waals surface area contributed by atoms with E-state index in [1.54, 1.807) is 0 Å². The molecule has 1 aromatic heterocycles. The standard InChI is InChI=1S/C27H29N3O2/c31-25(22-9-3-1-4-10-22)15-14-24(27(32)23-11-5-2-6-12-23)21-29-17-19-30(20-18-29)26-13-7-8-16-28-26/h1-13,16,24H,14-15,17-21H2. The molecule has 32 heavy (non-hydrogen) atoms. The summed E-state index contributed by atoms with van der Waals surface area (Å²) in [5.41, 5.74) is 1.43. The number of pyridine rings is 1. The number of carbonyl (C=O) groups is 2. The van der Waals surface area contributed by atoms with Crippen molar-refractivity contribution in [3.63, 3.8) is 0 Å². The van der Waals surface area contributed by atoms with Crippen LogP contribution in [-0.4, -0.2) is 54.2 Å². The van der Waals surface area contributed by atoms with Gasteiger partial charge in [0.15, 0.2) is 11.6 Å². The fraction of sp³-hybridized carbons (Fsp3) is 0.296. The maximum Gasteiger partial charge on any atom is 0.167 e. The van der Waals surface area contributed by atoms with E-state index in [2.05, 4.69) is 14.8 Å². The first-order valence-corrected chi connectivity index (χ1v) is 11.3. The Hall–Kier alpha value is -3.31. The average molecular weight is 428 g/mol. The van der Waals surface area contributed by atoms with Crippen LogP contribution in [0.5, 0.6) is 0 Å². The molecule has 5 nitrogen and oxygen atoms in total. The second-order valence-electron chi connectivity index (χ2n) is 8.23. The van der Waals surface area contributed by atoms with E-state index in [0.29, 0.717) is 24.9 Å². The Morgan fingerprint density at radius 2 is 1.41 bits per heavy atom. The number of aromatic nitrogens is 1. The molecule has 0 saturated carbocycles. The summed E-state index contributed by atoms with van der Waals surface area (Å²) in [6, 6.07) is 24.7. The molecular weight excluding hydrogens is 398 g/mol. The van der Waals surface area contributed by atoms with Gasteiger partial charge in [-0.3, -0.25) is 14.5 Å². The van der Waals surface area contributed by atoms with Crippen LogP contribution < -0.4 is 4.90 Å². The number of anilines is 1. The van der Waals surface area contributed by atoms with E-state index >= 15 is 0 Å². The van der Waals surface area contributed by atoms with Crippen molar-refractivity contribution < 1.29 is 9.59 Å². The van der Waals surface area contributed by atoms with Gasteiger partial charge >= 0.3 is 0 Å². The summed E-state index contributed by atoms with van der Waals surface area (Å²) in [4.78, 5) is 35.0. The van der Waals surface area contributed by atoms with Gasteiger partial charge in [-0.2, -0.15) is 0 Å². The van der Waals surface area contributed by atoms with E-state index in [0.717, 1.165) is 37.6 Å². The van der Waals surface area contributed by atoms with Crippen LogP contribution in [0.3, 0.4) is 0 Å². The third kappa shape index (κ3) is 5.68. The zero-order valence-electron chi connectivity index (χ0n) is 18.3. The molecule has 0 bridgehead atoms. The van der Waals surface area contributed by atoms with Crippen molar-refractivity contribution in [2.24, 2.45) is 5.92 Å². The van der Waals surface area contributed by atoms with Gasteiger partial charge in [-0.05, 0) is 18.6 Å². The predicted octanol–water partition coefficient (Wildman–Crippen LogP) is 4.37. The highest BCUT2D eigenvalue weighted by molar-refractivity contribution is 5.99. The molecule has 0 radical (unpaired) electrons. The first-order chi connectivity index (χ1) is 15.7. The van der Waals surface area contributed by atoms with Crippen molar-refractivity contribution in [3.8, 4) is 0 Å². The molecule has 0 amide bonds. The maximum atomic E-state index is 13.3. The van der Waals surface area contributed by atoms with Crippen LogP contribution in [-0.2, 0) is 0 Å². The lowest BCUT2D eigenvalue weighted by molar-refractivity contribution is 0.0851. The third-order valence-electron chi connectivity index (χ3n) is 6.07. The molecule has 5 heteroatoms. The van der Waals surface area contributed by atoms with Gasteiger partial charge in [-0.15, -0.1) is 0 Å². The first-order valence-electron chi connectivity index (χ1n) is 11.3. The summed E-state index contributed by atoms with van der Waals surface area (Å²) in [5.74, 6) is 1.01. The Balaban J connectivity index is 1.40. The molecule has 4 rings (SSSR count). The highest BCUT2D eigenvalue weighted by Gasteiger charge is 2.26. The van der Waals surface area contributed by atoms with Crippen molar-refractivity contribution >= 4 is 17.4 Å². The van der Waals surface area contributed by atoms with Crippen molar-refractivity contribution in [2.75, 3.05) is 37.6 Å². The number of Topliss-reactive ketones (excluding diaryl/α,β-unsaturated/α-hetero) is 2. The molecule has 1 fully saturated rings. The number of hydrogen-bond acceptors (Lipinski definition) is 5. The van der Waals surface area contributed by atoms with Crippen LogP contribution in [0.1, 0.15) is 33.6 Å². The van der Waals surface area contributed by atoms with Crippen LogP contribution in [0.25, 0.3) is 0 Å². The van der Waals surface area contributed by atoms with Gasteiger partial charge in [-0.1, -0.05) is 66.7 Å². The van der Waals surface area contributed by atoms with Gasteiger partial charge in [0.2, 0.25) is 0 Å². The van der Waals surface area contributed by atoms with Crippen LogP contribution in [0.2, 0.25) is 0 Å². The van der Waals surface area contributed by atoms with Crippen molar-refractivity contribution in [1.82, 2.24) is 9.88 Å². The van der Waals surface area contributed by atoms with E-state index in [9.17, 15) is 9.59 Å². The molecule has 0 spiro atoms. The predicted molar refractivity (Wildman–Crippen MR) is 127 cm³/mol. The van der Waals surface area contributed by atoms with Gasteiger partial charge in [0.05, 0.1) is 0 Å². The number of nitrogens with zero attached hydrogens (tertiary/aromatic N) is 3. The van der Waals surface area contributed by atoms with E-state index in [1.807, 2.05) is 85.1 Å². The summed E-state index contributed by atoms with van der Waals surface area (Å²) >= 11 is 0. The van der Waals surface area contributed by atoms with Crippen LogP contribution >= 0.6 is 0 Å². The average Bonchev–Trinajstić information content (AvgIpc) is 2.88. The summed E-state index contributed by atoms with van der Waals surface area (Å²) in [7, 11) is 0. The Morgan fingerprint density at radius 3 is 2.03 bits per heavy atom. The lowest BCUT2D eigenvalue weighted by Crippen LogP contribution is -2.48. The van der Waals surface area contributed by atoms with Gasteiger partial charge in [0.25, 0.3) is 0 Å². The van der Waals surface area contributed by atoms with Crippen LogP contribution in [0, 0.1) is 5.92 Å². The molecule has 1 saturated heterocycles. The molecule has 164 valence electrons. The number of hydrogen-bond donors (Lipinski definition) is 0. The summed E-state index contributed by atoms with van der Waals surface area (Å²) in [5, 5.41) is 0. The Labute approximate surface area is 189 Å². The molecule has 0 N–H and O–H groups in total. The number of benzene rings is 2. The fourth-order valence-electron chi connectivity index (χ4n) is 4.23. The lowest BCUT2D eigenvalue weighted by Gasteiger charge is -2.36. The largest absolute Gasteiger partial charge is 0.354 e. The molecule has 2 heterocycles. The Bertz CT molecular complexity index is 1000. The molecular formula is C27H29N3O2. The highest BCUT2D eigenvalue weighted by Crippen LogP contribution is 2.20. The normalized spacial score (nSPS) is 15.3. The monoisotopic (exact) mass is 427 g/mol. The molecule has 2 aromatic carbocycles. The smallest absolute Gasteiger partial charge is 0.167 e. The van der Waals surface area contributed by atoms with Gasteiger partial charge < -0.3 is 4.90 Å². The number of rotatable bonds is 9. The second kappa shape index (κ2) is 10.8. The second-order valence-corrected chi connectivity index (χ2v) is 8.23. The SMILES string of the molecule is O=C(CCC(CN1CCN(c2ccccn2)CC1)C(=O)c1ccccc1)c1ccccc1. The Morgan fingerprint density at radius 1 is 0.781 bits per heavy atom. The first kappa shape index (κ1) is 21.9. The number of ketones is 2. The van der Waals surface area contributed by atoms with Crippen LogP contribution in [0.4, 0.5) is 5.82 Å². The minimum Gasteiger partial charge on any atom is -0.354 e. The Kier molecular flexibility index (Phi) is 7.41. The lowest BCUT2D eigenvalue weighted by atomic mass is 9.90. The fourth-order valence-corrected chi connectivity index (χ4v) is 4.23. The zero-order chi connectivity index (χ0) is 22.2. The van der Waals surface area contributed by atoms with Gasteiger partial charge in [0, 0.05) is 62.4 Å². The van der Waals surface area contributed by atoms with E-state index in [1.165, 1.54) is 0 Å². The van der Waals surface area contributed by atoms with E-state index in [-0.39, 0.29) is 17.5 Å². The van der Waals surface area contributed by atoms with E-state index in [4.69, 9.17) is 0 Å². The summed E-state index contributed by atoms with van der Waals surface area (Å²) in [6.07, 6.45) is 2.75. The number of carbonyl (C=O) groups excluding carboxylic acids is 2. The molecule has 1 aliphatic rings. The highest BCUT2D eigenvalue weighted by atomic mass is 16.1. The minimum atomic E-state index is -0.202. The topological polar surface area (TPSA) is 53.5 Å². The molecule has 3 aromatic rings. The summed E-state index contributed by atoms with van der Waals surface area (Å²) < 4.78 is 0. The molecule has 1 aliphatic heterocycles. The maximum absolute atomic E-state index is 13.3. The van der Waals surface area contributed by atoms with Gasteiger partial charge in [0.1, 0.15) is 5.82 Å². The van der Waals surface area contributed by atoms with Crippen molar-refractivity contribution in [3.05, 3.63) is 96.2 Å². The van der Waals surface area contributed by atoms with Gasteiger partial charge in [-0.25, -0.2) is 4.98 Å². The van der Waals surface area contributed by atoms with E-state index < -0.39 is 0 Å². The zero-order valence-corrected chi connectivity index (χ0v) is 18.3. The third-order valence-corrected chi connectivity index (χ3v) is 6.07. The summed E-state index contributed by atoms with van der Waals surface area (Å²) in [6.45, 7) is 4.19. The minimum absolute atomic E-state index is 0.0939. The quantitative estimate of drug-likeness (QED) is 0.475.